The Morgan fingerprint density at radius 1 is 0.654 bits per heavy atom. The summed E-state index contributed by atoms with van der Waals surface area (Å²) in [7, 11) is 0. The third kappa shape index (κ3) is 3.54. The lowest BCUT2D eigenvalue weighted by atomic mass is 9.76. The molecule has 3 rings (SSSR count). The van der Waals surface area contributed by atoms with Crippen molar-refractivity contribution in [1.29, 1.82) is 0 Å². The number of benzene rings is 3. The van der Waals surface area contributed by atoms with Gasteiger partial charge in [0.25, 0.3) is 0 Å². The summed E-state index contributed by atoms with van der Waals surface area (Å²) >= 11 is 0. The van der Waals surface area contributed by atoms with Gasteiger partial charge >= 0.3 is 0 Å². The summed E-state index contributed by atoms with van der Waals surface area (Å²) in [6, 6.07) is 29.3. The number of hydrogen-bond donors (Lipinski definition) is 4. The second kappa shape index (κ2) is 8.25. The van der Waals surface area contributed by atoms with Crippen LogP contribution in [0, 0.1) is 0 Å². The Bertz CT molecular complexity index is 697. The Hall–Kier alpha value is -2.50. The molecule has 26 heavy (non-hydrogen) atoms. The van der Waals surface area contributed by atoms with Crippen molar-refractivity contribution in [3.63, 3.8) is 0 Å². The third-order valence-electron chi connectivity index (χ3n) is 4.54. The fourth-order valence-electron chi connectivity index (χ4n) is 3.23. The normalized spacial score (nSPS) is 14.0. The summed E-state index contributed by atoms with van der Waals surface area (Å²) in [5.41, 5.74) is 1.86. The predicted molar refractivity (Wildman–Crippen MR) is 101 cm³/mol. The van der Waals surface area contributed by atoms with E-state index in [1.165, 1.54) is 0 Å². The van der Waals surface area contributed by atoms with Gasteiger partial charge in [-0.3, -0.25) is 5.32 Å². The second-order valence-electron chi connectivity index (χ2n) is 6.19. The van der Waals surface area contributed by atoms with Crippen molar-refractivity contribution in [1.82, 2.24) is 5.32 Å². The van der Waals surface area contributed by atoms with Crippen LogP contribution in [0.15, 0.2) is 91.0 Å². The molecule has 0 saturated carbocycles. The first kappa shape index (κ1) is 18.3. The van der Waals surface area contributed by atoms with Crippen molar-refractivity contribution in [2.75, 3.05) is 6.61 Å². The summed E-state index contributed by atoms with van der Waals surface area (Å²) in [6.45, 7) is -0.539. The van der Waals surface area contributed by atoms with Crippen LogP contribution in [0.1, 0.15) is 16.7 Å². The molecule has 4 nitrogen and oxygen atoms in total. The van der Waals surface area contributed by atoms with Gasteiger partial charge in [-0.15, -0.1) is 0 Å². The Morgan fingerprint density at radius 3 is 1.31 bits per heavy atom. The van der Waals surface area contributed by atoms with E-state index < -0.39 is 24.5 Å². The monoisotopic (exact) mass is 349 g/mol. The van der Waals surface area contributed by atoms with Gasteiger partial charge in [-0.05, 0) is 16.7 Å². The minimum atomic E-state index is -1.32. The Morgan fingerprint density at radius 2 is 1.00 bits per heavy atom. The van der Waals surface area contributed by atoms with Gasteiger partial charge in [-0.25, -0.2) is 0 Å². The van der Waals surface area contributed by atoms with Crippen molar-refractivity contribution < 1.29 is 15.3 Å². The lowest BCUT2D eigenvalue weighted by molar-refractivity contribution is -0.0402. The van der Waals surface area contributed by atoms with E-state index in [0.29, 0.717) is 0 Å². The summed E-state index contributed by atoms with van der Waals surface area (Å²) in [4.78, 5) is 0. The van der Waals surface area contributed by atoms with Gasteiger partial charge in [0.1, 0.15) is 12.3 Å². The van der Waals surface area contributed by atoms with Crippen LogP contribution >= 0.6 is 0 Å². The highest BCUT2D eigenvalue weighted by Gasteiger charge is 2.38. The minimum absolute atomic E-state index is 0.539. The molecule has 0 saturated heterocycles. The number of aliphatic hydroxyl groups is 3. The smallest absolute Gasteiger partial charge is 0.134 e. The Labute approximate surface area is 153 Å². The predicted octanol–water partition coefficient (Wildman–Crippen LogP) is 2.24. The summed E-state index contributed by atoms with van der Waals surface area (Å²) in [5.74, 6) is 0. The molecule has 0 heterocycles. The average Bonchev–Trinajstić information content (AvgIpc) is 2.73. The summed E-state index contributed by atoms with van der Waals surface area (Å²) in [5, 5.41) is 32.9. The zero-order valence-corrected chi connectivity index (χ0v) is 14.4. The molecule has 3 aromatic rings. The van der Waals surface area contributed by atoms with Gasteiger partial charge in [0, 0.05) is 0 Å². The third-order valence-corrected chi connectivity index (χ3v) is 4.54. The number of aliphatic hydroxyl groups excluding tert-OH is 3. The van der Waals surface area contributed by atoms with E-state index in [2.05, 4.69) is 5.32 Å². The van der Waals surface area contributed by atoms with Crippen molar-refractivity contribution in [2.45, 2.75) is 17.9 Å². The van der Waals surface area contributed by atoms with Crippen LogP contribution in [0.3, 0.4) is 0 Å². The van der Waals surface area contributed by atoms with E-state index in [1.807, 2.05) is 91.0 Å². The first-order valence-electron chi connectivity index (χ1n) is 8.59. The quantitative estimate of drug-likeness (QED) is 0.390. The second-order valence-corrected chi connectivity index (χ2v) is 6.19. The molecular weight excluding hydrogens is 326 g/mol. The average molecular weight is 349 g/mol. The van der Waals surface area contributed by atoms with Gasteiger partial charge < -0.3 is 15.3 Å². The maximum Gasteiger partial charge on any atom is 0.134 e. The van der Waals surface area contributed by atoms with Gasteiger partial charge in [0.05, 0.1) is 12.1 Å². The maximum atomic E-state index is 10.5. The van der Waals surface area contributed by atoms with Crippen LogP contribution in [0.2, 0.25) is 0 Å². The Balaban J connectivity index is 2.24. The molecule has 0 spiro atoms. The van der Waals surface area contributed by atoms with Crippen LogP contribution in [-0.2, 0) is 5.54 Å². The molecule has 0 radical (unpaired) electrons. The first-order chi connectivity index (χ1) is 12.7. The zero-order valence-electron chi connectivity index (χ0n) is 14.4. The topological polar surface area (TPSA) is 72.7 Å². The summed E-state index contributed by atoms with van der Waals surface area (Å²) in [6.07, 6.45) is -2.62. The zero-order chi connectivity index (χ0) is 18.4. The fraction of sp³-hybridized carbons (Fsp3) is 0.182. The largest absolute Gasteiger partial charge is 0.394 e. The van der Waals surface area contributed by atoms with Gasteiger partial charge in [-0.2, -0.15) is 0 Å². The molecule has 0 aliphatic carbocycles. The van der Waals surface area contributed by atoms with Crippen molar-refractivity contribution in [2.24, 2.45) is 0 Å². The van der Waals surface area contributed by atoms with E-state index in [9.17, 15) is 15.3 Å². The van der Waals surface area contributed by atoms with Crippen LogP contribution in [0.25, 0.3) is 0 Å². The van der Waals surface area contributed by atoms with Crippen molar-refractivity contribution in [3.05, 3.63) is 108 Å². The molecule has 4 N–H and O–H groups in total. The molecule has 134 valence electrons. The van der Waals surface area contributed by atoms with Gasteiger partial charge in [-0.1, -0.05) is 91.0 Å². The van der Waals surface area contributed by atoms with Crippen LogP contribution in [0.5, 0.6) is 0 Å². The molecular formula is C22H23NO3. The molecule has 4 heteroatoms. The number of rotatable bonds is 7. The molecule has 0 fully saturated rings. The molecule has 0 bridgehead atoms. The van der Waals surface area contributed by atoms with Gasteiger partial charge in [0.15, 0.2) is 0 Å². The molecule has 2 atom stereocenters. The first-order valence-corrected chi connectivity index (χ1v) is 8.59. The number of nitrogens with one attached hydrogen (secondary N) is 1. The summed E-state index contributed by atoms with van der Waals surface area (Å²) < 4.78 is 0. The highest BCUT2D eigenvalue weighted by atomic mass is 16.4. The molecule has 0 aromatic heterocycles. The highest BCUT2D eigenvalue weighted by molar-refractivity contribution is 5.49. The van der Waals surface area contributed by atoms with Crippen LogP contribution < -0.4 is 5.32 Å². The highest BCUT2D eigenvalue weighted by Crippen LogP contribution is 2.37. The SMILES string of the molecule is OCC(O)C(O)NC(c1ccccc1)(c1ccccc1)c1ccccc1. The van der Waals surface area contributed by atoms with E-state index in [0.717, 1.165) is 16.7 Å². The standard InChI is InChI=1S/C22H23NO3/c24-16-20(25)21(26)23-22(17-10-4-1-5-11-17,18-12-6-2-7-13-18)19-14-8-3-9-15-19/h1-15,20-21,23-26H,16H2. The Kier molecular flexibility index (Phi) is 5.81. The van der Waals surface area contributed by atoms with E-state index in [4.69, 9.17) is 0 Å². The van der Waals surface area contributed by atoms with E-state index >= 15 is 0 Å². The van der Waals surface area contributed by atoms with E-state index in [-0.39, 0.29) is 0 Å². The maximum absolute atomic E-state index is 10.5. The van der Waals surface area contributed by atoms with E-state index in [1.54, 1.807) is 0 Å². The molecule has 3 aromatic carbocycles. The lowest BCUT2D eigenvalue weighted by Gasteiger charge is -2.39. The lowest BCUT2D eigenvalue weighted by Crippen LogP contribution is -2.54. The molecule has 0 aliphatic heterocycles. The van der Waals surface area contributed by atoms with Crippen molar-refractivity contribution in [3.8, 4) is 0 Å². The van der Waals surface area contributed by atoms with Crippen LogP contribution in [-0.4, -0.2) is 34.3 Å². The number of hydrogen-bond acceptors (Lipinski definition) is 4. The van der Waals surface area contributed by atoms with Gasteiger partial charge in [0.2, 0.25) is 0 Å². The molecule has 2 unspecified atom stereocenters. The molecule has 0 amide bonds. The van der Waals surface area contributed by atoms with Crippen LogP contribution in [0.4, 0.5) is 0 Å². The minimum Gasteiger partial charge on any atom is -0.394 e. The fourth-order valence-corrected chi connectivity index (χ4v) is 3.23. The molecule has 0 aliphatic rings. The van der Waals surface area contributed by atoms with Crippen molar-refractivity contribution >= 4 is 0 Å².